The number of methoxy groups -OCH3 is 2. The molecule has 3 atom stereocenters. The van der Waals surface area contributed by atoms with E-state index in [1.54, 1.807) is 14.2 Å². The highest BCUT2D eigenvalue weighted by Crippen LogP contribution is 2.62. The summed E-state index contributed by atoms with van der Waals surface area (Å²) in [4.78, 5) is 0. The van der Waals surface area contributed by atoms with Crippen LogP contribution in [0.15, 0.2) is 36.4 Å². The summed E-state index contributed by atoms with van der Waals surface area (Å²) in [6, 6.07) is 12.3. The van der Waals surface area contributed by atoms with Crippen LogP contribution in [0.25, 0.3) is 11.1 Å². The van der Waals surface area contributed by atoms with E-state index in [-0.39, 0.29) is 11.0 Å². The minimum Gasteiger partial charge on any atom is -0.496 e. The molecule has 146 valence electrons. The normalized spacial score (nSPS) is 20.0. The number of rotatable bonds is 5. The van der Waals surface area contributed by atoms with Crippen LogP contribution in [0.2, 0.25) is 0 Å². The Morgan fingerprint density at radius 1 is 1.04 bits per heavy atom. The Hall–Kier alpha value is -1.73. The number of hydrogen-bond donors (Lipinski definition) is 0. The molecule has 0 bridgehead atoms. The van der Waals surface area contributed by atoms with Gasteiger partial charge in [0.25, 0.3) is 0 Å². The summed E-state index contributed by atoms with van der Waals surface area (Å²) in [5, 5.41) is 1.48. The minimum atomic E-state index is -0.523. The third kappa shape index (κ3) is 3.55. The molecule has 1 heterocycles. The highest BCUT2D eigenvalue weighted by molar-refractivity contribution is 7.68. The van der Waals surface area contributed by atoms with Crippen LogP contribution in [0.4, 0.5) is 0 Å². The molecular weight excluding hydrogens is 355 g/mol. The Kier molecular flexibility index (Phi) is 5.72. The summed E-state index contributed by atoms with van der Waals surface area (Å²) in [5.74, 6) is 3.43. The van der Waals surface area contributed by atoms with Crippen LogP contribution in [0.3, 0.4) is 0 Å². The Bertz CT molecular complexity index is 788. The fourth-order valence-corrected chi connectivity index (χ4v) is 7.22. The van der Waals surface area contributed by atoms with Crippen LogP contribution in [-0.2, 0) is 0 Å². The van der Waals surface area contributed by atoms with Crippen molar-refractivity contribution in [1.29, 1.82) is 0 Å². The molecule has 0 N–H and O–H groups in total. The second-order valence-electron chi connectivity index (χ2n) is 8.12. The van der Waals surface area contributed by atoms with E-state index in [9.17, 15) is 0 Å². The molecule has 2 aromatic carbocycles. The van der Waals surface area contributed by atoms with Crippen molar-refractivity contribution >= 4 is 13.2 Å². The third-order valence-electron chi connectivity index (χ3n) is 5.29. The van der Waals surface area contributed by atoms with Gasteiger partial charge in [-0.25, -0.2) is 0 Å². The molecule has 0 radical (unpaired) electrons. The fourth-order valence-electron chi connectivity index (χ4n) is 3.78. The van der Waals surface area contributed by atoms with Crippen molar-refractivity contribution in [2.45, 2.75) is 52.0 Å². The van der Waals surface area contributed by atoms with Gasteiger partial charge in [0.05, 0.1) is 19.8 Å². The van der Waals surface area contributed by atoms with E-state index < -0.39 is 7.92 Å². The highest BCUT2D eigenvalue weighted by atomic mass is 31.1. The van der Waals surface area contributed by atoms with Crippen LogP contribution >= 0.6 is 7.92 Å². The van der Waals surface area contributed by atoms with Gasteiger partial charge in [0.1, 0.15) is 23.1 Å². The van der Waals surface area contributed by atoms with Crippen molar-refractivity contribution in [2.24, 2.45) is 5.92 Å². The second kappa shape index (κ2) is 7.72. The van der Waals surface area contributed by atoms with E-state index >= 15 is 0 Å². The molecule has 4 heteroatoms. The Labute approximate surface area is 164 Å². The molecule has 2 aromatic rings. The maximum atomic E-state index is 6.56. The van der Waals surface area contributed by atoms with Crippen molar-refractivity contribution in [2.75, 3.05) is 14.2 Å². The largest absolute Gasteiger partial charge is 0.496 e. The molecule has 0 fully saturated rings. The molecule has 3 unspecified atom stereocenters. The summed E-state index contributed by atoms with van der Waals surface area (Å²) in [6.07, 6.45) is 1.11. The lowest BCUT2D eigenvalue weighted by Crippen LogP contribution is -2.28. The van der Waals surface area contributed by atoms with Crippen molar-refractivity contribution in [3.8, 4) is 28.4 Å². The average molecular weight is 386 g/mol. The van der Waals surface area contributed by atoms with Gasteiger partial charge in [-0.05, 0) is 43.6 Å². The Balaban J connectivity index is 2.27. The predicted molar refractivity (Wildman–Crippen MR) is 115 cm³/mol. The number of fused-ring (bicyclic) bond motifs is 1. The lowest BCUT2D eigenvalue weighted by molar-refractivity contribution is 0.225. The molecule has 0 saturated carbocycles. The van der Waals surface area contributed by atoms with Crippen LogP contribution in [-0.4, -0.2) is 25.2 Å². The summed E-state index contributed by atoms with van der Waals surface area (Å²) >= 11 is 0. The van der Waals surface area contributed by atoms with Crippen LogP contribution < -0.4 is 19.5 Å². The first-order valence-electron chi connectivity index (χ1n) is 9.63. The van der Waals surface area contributed by atoms with E-state index in [0.717, 1.165) is 29.2 Å². The van der Waals surface area contributed by atoms with Crippen LogP contribution in [0.5, 0.6) is 17.2 Å². The zero-order valence-corrected chi connectivity index (χ0v) is 18.4. The van der Waals surface area contributed by atoms with Crippen molar-refractivity contribution in [3.05, 3.63) is 36.4 Å². The fraction of sp³-hybridized carbons (Fsp3) is 0.478. The van der Waals surface area contributed by atoms with E-state index in [1.165, 1.54) is 10.9 Å². The van der Waals surface area contributed by atoms with Gasteiger partial charge in [0.2, 0.25) is 0 Å². The number of ether oxygens (including phenoxy) is 3. The minimum absolute atomic E-state index is 0.139. The van der Waals surface area contributed by atoms with Crippen molar-refractivity contribution in [3.63, 3.8) is 0 Å². The molecule has 0 saturated heterocycles. The van der Waals surface area contributed by atoms with Crippen LogP contribution in [0, 0.1) is 5.92 Å². The maximum Gasteiger partial charge on any atom is 0.130 e. The van der Waals surface area contributed by atoms with E-state index in [4.69, 9.17) is 14.2 Å². The van der Waals surface area contributed by atoms with Gasteiger partial charge < -0.3 is 14.2 Å². The lowest BCUT2D eigenvalue weighted by Gasteiger charge is -2.35. The summed E-state index contributed by atoms with van der Waals surface area (Å²) < 4.78 is 18.0. The molecular formula is C23H31O3P. The SMILES string of the molecule is CCC(C)C1Oc2cccc(-c3c(OC)cccc3OC)c2P1C(C)(C)C. The highest BCUT2D eigenvalue weighted by Gasteiger charge is 2.45. The number of hydrogen-bond acceptors (Lipinski definition) is 3. The first-order valence-corrected chi connectivity index (χ1v) is 11.0. The summed E-state index contributed by atoms with van der Waals surface area (Å²) in [5.41, 5.74) is 2.19. The van der Waals surface area contributed by atoms with E-state index in [2.05, 4.69) is 52.8 Å². The van der Waals surface area contributed by atoms with Gasteiger partial charge in [-0.3, -0.25) is 0 Å². The molecule has 3 nitrogen and oxygen atoms in total. The predicted octanol–water partition coefficient (Wildman–Crippen LogP) is 6.04. The maximum absolute atomic E-state index is 6.56. The number of benzene rings is 2. The first kappa shape index (κ1) is 20.0. The Morgan fingerprint density at radius 3 is 2.15 bits per heavy atom. The molecule has 0 aliphatic carbocycles. The van der Waals surface area contributed by atoms with Gasteiger partial charge in [-0.1, -0.05) is 52.8 Å². The quantitative estimate of drug-likeness (QED) is 0.586. The van der Waals surface area contributed by atoms with E-state index in [1.807, 2.05) is 18.2 Å². The van der Waals surface area contributed by atoms with Gasteiger partial charge in [0.15, 0.2) is 0 Å². The summed E-state index contributed by atoms with van der Waals surface area (Å²) in [6.45, 7) is 11.6. The summed E-state index contributed by atoms with van der Waals surface area (Å²) in [7, 11) is 2.91. The van der Waals surface area contributed by atoms with Gasteiger partial charge in [-0.2, -0.15) is 0 Å². The zero-order chi connectivity index (χ0) is 19.8. The monoisotopic (exact) mass is 386 g/mol. The van der Waals surface area contributed by atoms with Crippen LogP contribution in [0.1, 0.15) is 41.0 Å². The molecule has 1 aliphatic rings. The molecule has 0 spiro atoms. The second-order valence-corrected chi connectivity index (χ2v) is 11.2. The van der Waals surface area contributed by atoms with Gasteiger partial charge in [0, 0.05) is 10.9 Å². The van der Waals surface area contributed by atoms with Gasteiger partial charge in [-0.15, -0.1) is 0 Å². The smallest absolute Gasteiger partial charge is 0.130 e. The third-order valence-corrected chi connectivity index (χ3v) is 8.80. The molecule has 0 amide bonds. The Morgan fingerprint density at radius 2 is 1.63 bits per heavy atom. The first-order chi connectivity index (χ1) is 12.8. The molecule has 0 aromatic heterocycles. The molecule has 1 aliphatic heterocycles. The molecule has 3 rings (SSSR count). The van der Waals surface area contributed by atoms with E-state index in [0.29, 0.717) is 5.92 Å². The topological polar surface area (TPSA) is 27.7 Å². The van der Waals surface area contributed by atoms with Crippen molar-refractivity contribution < 1.29 is 14.2 Å². The standard InChI is InChI=1S/C23H31O3P/c1-8-15(2)22-26-19-14-9-11-16(21(19)27(22)23(3,4)5)20-17(24-6)12-10-13-18(20)25-7/h9-15,22H,8H2,1-7H3. The zero-order valence-electron chi connectivity index (χ0n) is 17.5. The average Bonchev–Trinajstić information content (AvgIpc) is 3.06. The lowest BCUT2D eigenvalue weighted by atomic mass is 10.0. The molecule has 27 heavy (non-hydrogen) atoms. The van der Waals surface area contributed by atoms with Gasteiger partial charge >= 0.3 is 0 Å². The van der Waals surface area contributed by atoms with Crippen molar-refractivity contribution in [1.82, 2.24) is 0 Å².